The summed E-state index contributed by atoms with van der Waals surface area (Å²) in [4.78, 5) is 27.5. The van der Waals surface area contributed by atoms with E-state index in [2.05, 4.69) is 26.2 Å². The fourth-order valence-electron chi connectivity index (χ4n) is 2.27. The SMILES string of the molecule is COC(=O)c1cc(Br)c2ncn(C/C(F)=C/CNC(=O)OC(C)(C)C)c2c1. The highest BCUT2D eigenvalue weighted by atomic mass is 79.9. The van der Waals surface area contributed by atoms with Crippen LogP contribution in [0.25, 0.3) is 11.0 Å². The van der Waals surface area contributed by atoms with Crippen molar-refractivity contribution in [2.45, 2.75) is 32.9 Å². The standard InChI is InChI=1S/C18H21BrFN3O4/c1-18(2,3)27-17(25)21-6-5-12(20)9-23-10-22-15-13(19)7-11(8-14(15)23)16(24)26-4/h5,7-8,10H,6,9H2,1-4H3,(H,21,25)/b12-5-. The van der Waals surface area contributed by atoms with Crippen LogP contribution >= 0.6 is 15.9 Å². The van der Waals surface area contributed by atoms with Crippen LogP contribution < -0.4 is 5.32 Å². The largest absolute Gasteiger partial charge is 0.465 e. The minimum absolute atomic E-state index is 0.00944. The summed E-state index contributed by atoms with van der Waals surface area (Å²) in [6.07, 6.45) is 2.10. The van der Waals surface area contributed by atoms with Crippen molar-refractivity contribution in [2.75, 3.05) is 13.7 Å². The van der Waals surface area contributed by atoms with Gasteiger partial charge in [-0.3, -0.25) is 0 Å². The number of nitrogens with one attached hydrogen (secondary N) is 1. The van der Waals surface area contributed by atoms with E-state index in [4.69, 9.17) is 9.47 Å². The number of benzene rings is 1. The van der Waals surface area contributed by atoms with Crippen molar-refractivity contribution in [3.8, 4) is 0 Å². The molecule has 0 spiro atoms. The van der Waals surface area contributed by atoms with Gasteiger partial charge in [0.05, 0.1) is 31.1 Å². The van der Waals surface area contributed by atoms with Gasteiger partial charge >= 0.3 is 12.1 Å². The van der Waals surface area contributed by atoms with Crippen molar-refractivity contribution < 1.29 is 23.5 Å². The summed E-state index contributed by atoms with van der Waals surface area (Å²) in [5.74, 6) is -0.965. The molecule has 0 aliphatic carbocycles. The number of imidazole rings is 1. The molecule has 146 valence electrons. The molecule has 9 heteroatoms. The normalized spacial score (nSPS) is 12.1. The van der Waals surface area contributed by atoms with Gasteiger partial charge in [0, 0.05) is 11.0 Å². The molecule has 1 amide bonds. The number of carbonyl (C=O) groups excluding carboxylic acids is 2. The molecule has 0 unspecified atom stereocenters. The second kappa shape index (κ2) is 8.51. The molecule has 0 bridgehead atoms. The van der Waals surface area contributed by atoms with Gasteiger partial charge in [0.2, 0.25) is 0 Å². The lowest BCUT2D eigenvalue weighted by Crippen LogP contribution is -2.32. The third kappa shape index (κ3) is 5.78. The van der Waals surface area contributed by atoms with E-state index in [1.54, 1.807) is 37.5 Å². The van der Waals surface area contributed by atoms with Gasteiger partial charge in [0.25, 0.3) is 0 Å². The number of alkyl carbamates (subject to hydrolysis) is 1. The highest BCUT2D eigenvalue weighted by Gasteiger charge is 2.16. The number of rotatable bonds is 5. The van der Waals surface area contributed by atoms with Crippen molar-refractivity contribution >= 4 is 39.0 Å². The minimum Gasteiger partial charge on any atom is -0.465 e. The Morgan fingerprint density at radius 2 is 2.07 bits per heavy atom. The lowest BCUT2D eigenvalue weighted by molar-refractivity contribution is 0.0532. The number of fused-ring (bicyclic) bond motifs is 1. The Kier molecular flexibility index (Phi) is 6.59. The third-order valence-corrected chi connectivity index (χ3v) is 3.99. The molecule has 2 aromatic rings. The van der Waals surface area contributed by atoms with Crippen molar-refractivity contribution in [1.29, 1.82) is 0 Å². The van der Waals surface area contributed by atoms with E-state index in [1.807, 2.05) is 0 Å². The summed E-state index contributed by atoms with van der Waals surface area (Å²) in [6.45, 7) is 5.13. The quantitative estimate of drug-likeness (QED) is 0.709. The summed E-state index contributed by atoms with van der Waals surface area (Å²) >= 11 is 3.35. The molecular formula is C18H21BrFN3O4. The van der Waals surface area contributed by atoms with Crippen LogP contribution in [-0.4, -0.2) is 40.9 Å². The van der Waals surface area contributed by atoms with E-state index >= 15 is 0 Å². The Balaban J connectivity index is 2.10. The molecule has 0 saturated carbocycles. The molecular weight excluding hydrogens is 421 g/mol. The fourth-order valence-corrected chi connectivity index (χ4v) is 2.82. The van der Waals surface area contributed by atoms with E-state index in [1.165, 1.54) is 19.5 Å². The van der Waals surface area contributed by atoms with Gasteiger partial charge in [-0.15, -0.1) is 0 Å². The van der Waals surface area contributed by atoms with Gasteiger partial charge in [0.15, 0.2) is 0 Å². The van der Waals surface area contributed by atoms with Crippen molar-refractivity contribution in [1.82, 2.24) is 14.9 Å². The van der Waals surface area contributed by atoms with Crippen molar-refractivity contribution in [2.24, 2.45) is 0 Å². The zero-order chi connectivity index (χ0) is 20.2. The molecule has 1 N–H and O–H groups in total. The Bertz CT molecular complexity index is 887. The maximum absolute atomic E-state index is 14.2. The van der Waals surface area contributed by atoms with Crippen molar-refractivity contribution in [3.63, 3.8) is 0 Å². The van der Waals surface area contributed by atoms with Crippen LogP contribution in [0.3, 0.4) is 0 Å². The van der Waals surface area contributed by atoms with Gasteiger partial charge in [-0.25, -0.2) is 19.0 Å². The lowest BCUT2D eigenvalue weighted by atomic mass is 10.2. The molecule has 0 atom stereocenters. The number of hydrogen-bond donors (Lipinski definition) is 1. The first-order valence-corrected chi connectivity index (χ1v) is 8.94. The van der Waals surface area contributed by atoms with Crippen LogP contribution in [0.5, 0.6) is 0 Å². The Hall–Kier alpha value is -2.42. The van der Waals surface area contributed by atoms with E-state index in [-0.39, 0.29) is 13.1 Å². The number of allylic oxidation sites excluding steroid dienone is 1. The van der Waals surface area contributed by atoms with E-state index in [0.29, 0.717) is 21.1 Å². The topological polar surface area (TPSA) is 82.5 Å². The number of aromatic nitrogens is 2. The molecule has 0 radical (unpaired) electrons. The predicted molar refractivity (Wildman–Crippen MR) is 102 cm³/mol. The Labute approximate surface area is 164 Å². The van der Waals surface area contributed by atoms with Crippen LogP contribution in [0.15, 0.2) is 34.8 Å². The molecule has 0 aliphatic heterocycles. The van der Waals surface area contributed by atoms with Crippen LogP contribution in [0.1, 0.15) is 31.1 Å². The molecule has 0 aliphatic rings. The summed E-state index contributed by atoms with van der Waals surface area (Å²) in [5, 5.41) is 2.46. The summed E-state index contributed by atoms with van der Waals surface area (Å²) in [5.41, 5.74) is 0.887. The monoisotopic (exact) mass is 441 g/mol. The Morgan fingerprint density at radius 3 is 2.70 bits per heavy atom. The van der Waals surface area contributed by atoms with Crippen molar-refractivity contribution in [3.05, 3.63) is 40.4 Å². The number of nitrogens with zero attached hydrogens (tertiary/aromatic N) is 2. The minimum atomic E-state index is -0.619. The molecule has 27 heavy (non-hydrogen) atoms. The highest BCUT2D eigenvalue weighted by molar-refractivity contribution is 9.10. The third-order valence-electron chi connectivity index (χ3n) is 3.39. The predicted octanol–water partition coefficient (Wildman–Crippen LogP) is 3.96. The highest BCUT2D eigenvalue weighted by Crippen LogP contribution is 2.26. The van der Waals surface area contributed by atoms with Crippen LogP contribution in [0.4, 0.5) is 9.18 Å². The first-order chi connectivity index (χ1) is 12.6. The number of amides is 1. The lowest BCUT2D eigenvalue weighted by Gasteiger charge is -2.19. The first kappa shape index (κ1) is 20.9. The van der Waals surface area contributed by atoms with Gasteiger partial charge in [-0.05, 0) is 54.9 Å². The molecule has 1 aromatic carbocycles. The van der Waals surface area contributed by atoms with Gasteiger partial charge in [0.1, 0.15) is 16.9 Å². The second-order valence-electron chi connectivity index (χ2n) is 6.72. The zero-order valence-corrected chi connectivity index (χ0v) is 17.1. The number of carbonyl (C=O) groups is 2. The fraction of sp³-hybridized carbons (Fsp3) is 0.389. The molecule has 0 fully saturated rings. The van der Waals surface area contributed by atoms with E-state index in [0.717, 1.165) is 0 Å². The number of esters is 1. The Morgan fingerprint density at radius 1 is 1.37 bits per heavy atom. The van der Waals surface area contributed by atoms with Crippen LogP contribution in [-0.2, 0) is 16.0 Å². The molecule has 1 heterocycles. The molecule has 2 rings (SSSR count). The summed E-state index contributed by atoms with van der Waals surface area (Å²) in [6, 6.07) is 3.19. The molecule has 0 saturated heterocycles. The zero-order valence-electron chi connectivity index (χ0n) is 15.5. The van der Waals surface area contributed by atoms with E-state index < -0.39 is 23.5 Å². The average Bonchev–Trinajstić information content (AvgIpc) is 2.95. The van der Waals surface area contributed by atoms with Crippen LogP contribution in [0.2, 0.25) is 0 Å². The number of hydrogen-bond acceptors (Lipinski definition) is 5. The number of ether oxygens (including phenoxy) is 2. The molecule has 1 aromatic heterocycles. The number of halogens is 2. The maximum atomic E-state index is 14.2. The smallest absolute Gasteiger partial charge is 0.407 e. The second-order valence-corrected chi connectivity index (χ2v) is 7.58. The van der Waals surface area contributed by atoms with Gasteiger partial charge in [-0.1, -0.05) is 0 Å². The molecule has 7 nitrogen and oxygen atoms in total. The van der Waals surface area contributed by atoms with Crippen LogP contribution in [0, 0.1) is 0 Å². The van der Waals surface area contributed by atoms with Gasteiger partial charge in [-0.2, -0.15) is 0 Å². The van der Waals surface area contributed by atoms with Gasteiger partial charge < -0.3 is 19.4 Å². The number of methoxy groups -OCH3 is 1. The first-order valence-electron chi connectivity index (χ1n) is 8.15. The summed E-state index contributed by atoms with van der Waals surface area (Å²) < 4.78 is 26.2. The summed E-state index contributed by atoms with van der Waals surface area (Å²) in [7, 11) is 1.29. The average molecular weight is 442 g/mol. The maximum Gasteiger partial charge on any atom is 0.407 e. The van der Waals surface area contributed by atoms with E-state index in [9.17, 15) is 14.0 Å².